The van der Waals surface area contributed by atoms with Gasteiger partial charge in [-0.05, 0) is 112 Å². The SMILES string of the molecule is CNC(=O)c1c(-c2ccc(F)cc2)oc2cc(N(Cc3ccc(CCB4OC(C)(C)C(C)(C)O4)c(Cl)c3)S(=O)[O-])c(C3CC3)cc12. The topological polar surface area (TPSA) is 104 Å². The highest BCUT2D eigenvalue weighted by atomic mass is 35.5. The fraction of sp³-hybridized carbons (Fsp3) is 0.382. The Balaban J connectivity index is 1.30. The van der Waals surface area contributed by atoms with Crippen LogP contribution in [0.5, 0.6) is 0 Å². The molecule has 2 heterocycles. The van der Waals surface area contributed by atoms with E-state index in [0.717, 1.165) is 24.0 Å². The number of furan rings is 1. The van der Waals surface area contributed by atoms with E-state index in [2.05, 4.69) is 5.32 Å². The predicted molar refractivity (Wildman–Crippen MR) is 178 cm³/mol. The Kier molecular flexibility index (Phi) is 8.84. The molecule has 242 valence electrons. The van der Waals surface area contributed by atoms with Crippen molar-refractivity contribution in [2.75, 3.05) is 11.4 Å². The van der Waals surface area contributed by atoms with Crippen LogP contribution in [0.25, 0.3) is 22.3 Å². The van der Waals surface area contributed by atoms with Gasteiger partial charge in [0.2, 0.25) is 0 Å². The highest BCUT2D eigenvalue weighted by Crippen LogP contribution is 2.48. The second-order valence-corrected chi connectivity index (χ2v) is 14.3. The lowest BCUT2D eigenvalue weighted by Gasteiger charge is -2.32. The van der Waals surface area contributed by atoms with Crippen LogP contribution in [0.2, 0.25) is 11.3 Å². The van der Waals surface area contributed by atoms with Crippen molar-refractivity contribution in [3.8, 4) is 11.3 Å². The van der Waals surface area contributed by atoms with Crippen LogP contribution in [-0.4, -0.2) is 40.0 Å². The maximum atomic E-state index is 13.7. The maximum Gasteiger partial charge on any atom is 0.458 e. The minimum absolute atomic E-state index is 0.0480. The number of carbonyl (C=O) groups is 1. The van der Waals surface area contributed by atoms with Crippen LogP contribution in [0.3, 0.4) is 0 Å². The van der Waals surface area contributed by atoms with Crippen molar-refractivity contribution in [1.82, 2.24) is 5.32 Å². The van der Waals surface area contributed by atoms with Gasteiger partial charge in [0.1, 0.15) is 17.2 Å². The van der Waals surface area contributed by atoms with Gasteiger partial charge in [0.05, 0.1) is 29.0 Å². The van der Waals surface area contributed by atoms with Crippen LogP contribution in [0, 0.1) is 5.82 Å². The van der Waals surface area contributed by atoms with Crippen LogP contribution < -0.4 is 9.62 Å². The van der Waals surface area contributed by atoms with E-state index >= 15 is 0 Å². The molecule has 8 nitrogen and oxygen atoms in total. The average molecular weight is 666 g/mol. The first-order chi connectivity index (χ1) is 21.8. The summed E-state index contributed by atoms with van der Waals surface area (Å²) in [5, 5.41) is 3.77. The van der Waals surface area contributed by atoms with Crippen molar-refractivity contribution in [3.63, 3.8) is 0 Å². The fourth-order valence-electron chi connectivity index (χ4n) is 5.87. The van der Waals surface area contributed by atoms with Gasteiger partial charge in [0, 0.05) is 40.4 Å². The highest BCUT2D eigenvalue weighted by Gasteiger charge is 2.50. The van der Waals surface area contributed by atoms with Crippen molar-refractivity contribution in [2.45, 2.75) is 76.9 Å². The monoisotopic (exact) mass is 665 g/mol. The van der Waals surface area contributed by atoms with Crippen molar-refractivity contribution in [1.29, 1.82) is 0 Å². The lowest BCUT2D eigenvalue weighted by Crippen LogP contribution is -2.41. The average Bonchev–Trinajstić information content (AvgIpc) is 3.74. The molecule has 1 saturated heterocycles. The summed E-state index contributed by atoms with van der Waals surface area (Å²) in [5.74, 6) is -0.338. The first kappa shape index (κ1) is 32.7. The van der Waals surface area contributed by atoms with Crippen molar-refractivity contribution in [3.05, 3.63) is 87.7 Å². The normalized spacial score (nSPS) is 17.8. The van der Waals surface area contributed by atoms with Crippen molar-refractivity contribution >= 4 is 52.5 Å². The molecule has 2 fully saturated rings. The number of aryl methyl sites for hydroxylation is 1. The number of benzene rings is 3. The van der Waals surface area contributed by atoms with Crippen LogP contribution in [0.15, 0.2) is 59.0 Å². The number of nitrogens with zero attached hydrogens (tertiary/aromatic N) is 1. The van der Waals surface area contributed by atoms with E-state index in [4.69, 9.17) is 25.3 Å². The van der Waals surface area contributed by atoms with E-state index in [9.17, 15) is 17.9 Å². The first-order valence-electron chi connectivity index (χ1n) is 15.4. The summed E-state index contributed by atoms with van der Waals surface area (Å²) >= 11 is 4.08. The second-order valence-electron chi connectivity index (χ2n) is 13.0. The molecule has 46 heavy (non-hydrogen) atoms. The first-order valence-corrected chi connectivity index (χ1v) is 16.8. The lowest BCUT2D eigenvalue weighted by molar-refractivity contribution is 0.00578. The molecule has 0 bridgehead atoms. The molecule has 1 aliphatic carbocycles. The molecule has 3 aromatic carbocycles. The fourth-order valence-corrected chi connectivity index (χ4v) is 6.74. The standard InChI is InChI=1S/C34H37BClFN2O6S/c1-33(2)34(3,4)45-35(44-33)15-14-22-7-6-20(16-27(22)36)19-39(46(41)42)28-18-29-26(17-25(28)21-8-9-21)30(32(40)38-5)31(43-29)23-10-12-24(37)13-11-23/h6-7,10-13,16-18,21H,8-9,14-15,19H2,1-5H3,(H,38,40)(H,41,42)/p-1. The molecule has 1 amide bonds. The quantitative estimate of drug-likeness (QED) is 0.139. The Hall–Kier alpha value is -3.22. The third kappa shape index (κ3) is 6.36. The number of hydrogen-bond donors (Lipinski definition) is 1. The number of nitrogens with one attached hydrogen (secondary N) is 1. The van der Waals surface area contributed by atoms with Crippen molar-refractivity contribution in [2.24, 2.45) is 0 Å². The molecule has 12 heteroatoms. The molecule has 2 aliphatic rings. The third-order valence-corrected chi connectivity index (χ3v) is 10.3. The Bertz CT molecular complexity index is 1810. The minimum atomic E-state index is -2.63. The summed E-state index contributed by atoms with van der Waals surface area (Å²) in [4.78, 5) is 13.1. The van der Waals surface area contributed by atoms with E-state index in [-0.39, 0.29) is 31.2 Å². The number of anilines is 1. The molecule has 0 spiro atoms. The van der Waals surface area contributed by atoms with Crippen molar-refractivity contribution < 1.29 is 31.7 Å². The molecule has 1 unspecified atom stereocenters. The summed E-state index contributed by atoms with van der Waals surface area (Å²) < 4.78 is 58.9. The summed E-state index contributed by atoms with van der Waals surface area (Å²) in [6.45, 7) is 8.12. The number of halogens is 2. The Labute approximate surface area is 276 Å². The van der Waals surface area contributed by atoms with Gasteiger partial charge in [-0.1, -0.05) is 23.7 Å². The van der Waals surface area contributed by atoms with Gasteiger partial charge < -0.3 is 23.6 Å². The summed E-state index contributed by atoms with van der Waals surface area (Å²) in [6, 6.07) is 14.8. The third-order valence-electron chi connectivity index (χ3n) is 9.26. The number of amides is 1. The Morgan fingerprint density at radius 2 is 1.76 bits per heavy atom. The van der Waals surface area contributed by atoms with Crippen LogP contribution >= 0.6 is 11.6 Å². The highest BCUT2D eigenvalue weighted by molar-refractivity contribution is 7.80. The second kappa shape index (κ2) is 12.4. The van der Waals surface area contributed by atoms with Gasteiger partial charge in [0.15, 0.2) is 0 Å². The summed E-state index contributed by atoms with van der Waals surface area (Å²) in [6.07, 6.45) is 3.07. The lowest BCUT2D eigenvalue weighted by atomic mass is 9.81. The minimum Gasteiger partial charge on any atom is -0.755 e. The number of fused-ring (bicyclic) bond motifs is 1. The van der Waals surface area contributed by atoms with Gasteiger partial charge in [-0.3, -0.25) is 13.3 Å². The van der Waals surface area contributed by atoms with Crippen LogP contribution in [0.4, 0.5) is 10.1 Å². The van der Waals surface area contributed by atoms with E-state index < -0.39 is 28.3 Å². The Morgan fingerprint density at radius 3 is 2.35 bits per heavy atom. The molecular formula is C34H36BClFN2O6S-. The maximum absolute atomic E-state index is 13.7. The van der Waals surface area contributed by atoms with Crippen LogP contribution in [-0.2, 0) is 33.5 Å². The molecule has 1 saturated carbocycles. The molecule has 0 radical (unpaired) electrons. The molecule has 1 atom stereocenters. The smallest absolute Gasteiger partial charge is 0.458 e. The molecule has 1 aromatic heterocycles. The molecule has 1 N–H and O–H groups in total. The number of hydrogen-bond acceptors (Lipinski definition) is 6. The van der Waals surface area contributed by atoms with Crippen LogP contribution in [0.1, 0.15) is 73.5 Å². The molecular weight excluding hydrogens is 630 g/mol. The molecule has 4 aromatic rings. The summed E-state index contributed by atoms with van der Waals surface area (Å²) in [7, 11) is 1.19. The molecule has 6 rings (SSSR count). The largest absolute Gasteiger partial charge is 0.755 e. The zero-order valence-corrected chi connectivity index (χ0v) is 28.0. The zero-order valence-electron chi connectivity index (χ0n) is 26.4. The predicted octanol–water partition coefficient (Wildman–Crippen LogP) is 7.56. The van der Waals surface area contributed by atoms with E-state index in [1.54, 1.807) is 24.3 Å². The number of carbonyl (C=O) groups excluding carboxylic acids is 1. The van der Waals surface area contributed by atoms with Gasteiger partial charge in [-0.25, -0.2) is 4.39 Å². The molecule has 1 aliphatic heterocycles. The van der Waals surface area contributed by atoms with E-state index in [0.29, 0.717) is 51.1 Å². The summed E-state index contributed by atoms with van der Waals surface area (Å²) in [5.41, 5.74) is 3.31. The van der Waals surface area contributed by atoms with E-state index in [1.807, 2.05) is 45.9 Å². The van der Waals surface area contributed by atoms with Gasteiger partial charge >= 0.3 is 7.12 Å². The van der Waals surface area contributed by atoms with Gasteiger partial charge in [-0.2, -0.15) is 0 Å². The Morgan fingerprint density at radius 1 is 1.09 bits per heavy atom. The number of rotatable bonds is 10. The zero-order chi connectivity index (χ0) is 33.0. The van der Waals surface area contributed by atoms with Gasteiger partial charge in [-0.15, -0.1) is 0 Å². The van der Waals surface area contributed by atoms with E-state index in [1.165, 1.54) is 23.5 Å². The van der Waals surface area contributed by atoms with Gasteiger partial charge in [0.25, 0.3) is 5.91 Å².